The fourth-order valence-electron chi connectivity index (χ4n) is 3.63. The summed E-state index contributed by atoms with van der Waals surface area (Å²) in [4.78, 5) is 24.1. The minimum atomic E-state index is -4.12. The largest absolute Gasteiger partial charge is 0.453 e. The van der Waals surface area contributed by atoms with E-state index < -0.39 is 25.5 Å². The summed E-state index contributed by atoms with van der Waals surface area (Å²) in [5.41, 5.74) is 7.16. The Bertz CT molecular complexity index is 1360. The Balaban J connectivity index is 1.63. The van der Waals surface area contributed by atoms with Crippen LogP contribution in [0.3, 0.4) is 0 Å². The normalized spacial score (nSPS) is 11.6. The number of anilines is 1. The summed E-state index contributed by atoms with van der Waals surface area (Å²) >= 11 is 0. The number of benzene rings is 4. The molecule has 1 unspecified atom stereocenters. The minimum absolute atomic E-state index is 0.0241. The number of nitrogens with one attached hydrogen (secondary N) is 2. The van der Waals surface area contributed by atoms with Crippen LogP contribution in [0.5, 0.6) is 11.5 Å². The summed E-state index contributed by atoms with van der Waals surface area (Å²) in [6.07, 6.45) is -0.724. The van der Waals surface area contributed by atoms with Crippen molar-refractivity contribution in [2.75, 3.05) is 5.32 Å². The second kappa shape index (κ2) is 13.2. The molecule has 0 aliphatic heterocycles. The molecule has 4 aromatic carbocycles. The molecule has 4 rings (SSSR count). The predicted octanol–water partition coefficient (Wildman–Crippen LogP) is 6.32. The van der Waals surface area contributed by atoms with Gasteiger partial charge in [0, 0.05) is 12.1 Å². The number of carbonyl (C=O) groups is 2. The molecule has 0 spiro atoms. The van der Waals surface area contributed by atoms with Crippen molar-refractivity contribution in [3.8, 4) is 11.5 Å². The van der Waals surface area contributed by atoms with Gasteiger partial charge in [0.05, 0.1) is 0 Å². The van der Waals surface area contributed by atoms with Crippen LogP contribution in [0.1, 0.15) is 11.1 Å². The molecular formula is C29H28N3O6P. The molecule has 0 saturated heterocycles. The number of nitrogens with two attached hydrogens (primary N) is 1. The fourth-order valence-corrected chi connectivity index (χ4v) is 5.46. The van der Waals surface area contributed by atoms with Gasteiger partial charge in [0.1, 0.15) is 18.1 Å². The second-order valence-corrected chi connectivity index (χ2v) is 10.5. The van der Waals surface area contributed by atoms with E-state index in [-0.39, 0.29) is 13.0 Å². The van der Waals surface area contributed by atoms with Gasteiger partial charge in [-0.2, -0.15) is 0 Å². The van der Waals surface area contributed by atoms with Gasteiger partial charge in [0.15, 0.2) is 5.78 Å². The van der Waals surface area contributed by atoms with E-state index in [4.69, 9.17) is 19.5 Å². The number of amides is 3. The van der Waals surface area contributed by atoms with Gasteiger partial charge in [-0.1, -0.05) is 78.9 Å². The number of hydrogen-bond acceptors (Lipinski definition) is 6. The average molecular weight is 546 g/mol. The van der Waals surface area contributed by atoms with Crippen LogP contribution in [-0.2, 0) is 22.3 Å². The third kappa shape index (κ3) is 8.38. The number of urea groups is 1. The smallest absolute Gasteiger partial charge is 0.445 e. The second-order valence-electron chi connectivity index (χ2n) is 8.46. The van der Waals surface area contributed by atoms with E-state index in [1.807, 2.05) is 30.3 Å². The highest BCUT2D eigenvalue weighted by molar-refractivity contribution is 7.55. The Morgan fingerprint density at radius 2 is 1.23 bits per heavy atom. The molecule has 39 heavy (non-hydrogen) atoms. The van der Waals surface area contributed by atoms with Gasteiger partial charge in [0.25, 0.3) is 0 Å². The third-order valence-corrected chi connectivity index (χ3v) is 7.49. The third-order valence-electron chi connectivity index (χ3n) is 5.48. The van der Waals surface area contributed by atoms with E-state index in [0.29, 0.717) is 22.7 Å². The molecule has 3 amide bonds. The van der Waals surface area contributed by atoms with Crippen molar-refractivity contribution in [2.24, 2.45) is 5.73 Å². The molecule has 0 bridgehead atoms. The van der Waals surface area contributed by atoms with Crippen molar-refractivity contribution >= 4 is 25.4 Å². The standard InChI is InChI=1S/C29H28N3O6P/c30-28(33)31-24-18-16-22(17-19-24)20-27(32-29(34)36-21-23-10-4-1-5-11-23)39(35,37-25-12-6-2-7-13-25)38-26-14-8-3-9-15-26/h1-19,27H,20-21H2,(H,32,34)(H3,30,31,33). The zero-order valence-corrected chi connectivity index (χ0v) is 21.8. The monoisotopic (exact) mass is 545 g/mol. The van der Waals surface area contributed by atoms with Crippen LogP contribution in [-0.4, -0.2) is 17.9 Å². The quantitative estimate of drug-likeness (QED) is 0.189. The Kier molecular flexibility index (Phi) is 9.21. The molecule has 0 heterocycles. The van der Waals surface area contributed by atoms with E-state index in [1.54, 1.807) is 84.9 Å². The summed E-state index contributed by atoms with van der Waals surface area (Å²) < 4.78 is 31.8. The number of hydrogen-bond donors (Lipinski definition) is 3. The van der Waals surface area contributed by atoms with Crippen LogP contribution >= 0.6 is 7.60 Å². The molecule has 4 aromatic rings. The lowest BCUT2D eigenvalue weighted by molar-refractivity contribution is 0.137. The predicted molar refractivity (Wildman–Crippen MR) is 149 cm³/mol. The summed E-state index contributed by atoms with van der Waals surface area (Å²) in [5.74, 6) is -0.527. The molecule has 9 nitrogen and oxygen atoms in total. The minimum Gasteiger partial charge on any atom is -0.445 e. The van der Waals surface area contributed by atoms with Crippen LogP contribution in [0, 0.1) is 0 Å². The highest BCUT2D eigenvalue weighted by Crippen LogP contribution is 2.53. The van der Waals surface area contributed by atoms with Crippen LogP contribution in [0.25, 0.3) is 0 Å². The molecule has 200 valence electrons. The van der Waals surface area contributed by atoms with Crippen molar-refractivity contribution < 1.29 is 27.9 Å². The first-order valence-electron chi connectivity index (χ1n) is 12.1. The summed E-state index contributed by atoms with van der Waals surface area (Å²) in [6.45, 7) is 0.0241. The van der Waals surface area contributed by atoms with Gasteiger partial charge in [-0.15, -0.1) is 0 Å². The molecular weight excluding hydrogens is 517 g/mol. The van der Waals surface area contributed by atoms with E-state index in [9.17, 15) is 14.2 Å². The Labute approximate surface area is 226 Å². The average Bonchev–Trinajstić information content (AvgIpc) is 2.94. The summed E-state index contributed by atoms with van der Waals surface area (Å²) in [7, 11) is -4.12. The molecule has 0 aliphatic rings. The molecule has 0 fully saturated rings. The fraction of sp³-hybridized carbons (Fsp3) is 0.103. The first-order valence-corrected chi connectivity index (χ1v) is 13.7. The van der Waals surface area contributed by atoms with Crippen molar-refractivity contribution in [1.29, 1.82) is 0 Å². The van der Waals surface area contributed by atoms with Crippen molar-refractivity contribution in [3.05, 3.63) is 126 Å². The van der Waals surface area contributed by atoms with Crippen molar-refractivity contribution in [3.63, 3.8) is 0 Å². The van der Waals surface area contributed by atoms with E-state index in [0.717, 1.165) is 5.56 Å². The molecule has 4 N–H and O–H groups in total. The van der Waals surface area contributed by atoms with Crippen LogP contribution in [0.15, 0.2) is 115 Å². The highest BCUT2D eigenvalue weighted by atomic mass is 31.2. The first kappa shape index (κ1) is 27.3. The topological polar surface area (TPSA) is 129 Å². The van der Waals surface area contributed by atoms with Crippen LogP contribution < -0.4 is 25.4 Å². The number of ether oxygens (including phenoxy) is 1. The van der Waals surface area contributed by atoms with E-state index in [2.05, 4.69) is 10.6 Å². The van der Waals surface area contributed by atoms with Crippen molar-refractivity contribution in [1.82, 2.24) is 5.32 Å². The number of primary amides is 1. The summed E-state index contributed by atoms with van der Waals surface area (Å²) in [6, 6.07) is 32.4. The maximum absolute atomic E-state index is 14.5. The van der Waals surface area contributed by atoms with Gasteiger partial charge < -0.3 is 30.2 Å². The van der Waals surface area contributed by atoms with Gasteiger partial charge in [-0.25, -0.2) is 14.2 Å². The molecule has 0 aromatic heterocycles. The molecule has 10 heteroatoms. The van der Waals surface area contributed by atoms with Crippen molar-refractivity contribution in [2.45, 2.75) is 18.8 Å². The lowest BCUT2D eigenvalue weighted by atomic mass is 10.1. The van der Waals surface area contributed by atoms with E-state index in [1.165, 1.54) is 0 Å². The SMILES string of the molecule is NC(=O)Nc1ccc(CC(NC(=O)OCc2ccccc2)P(=O)(Oc2ccccc2)Oc2ccccc2)cc1. The summed E-state index contributed by atoms with van der Waals surface area (Å²) in [5, 5.41) is 5.19. The maximum Gasteiger partial charge on any atom is 0.453 e. The number of carbonyl (C=O) groups excluding carboxylic acids is 2. The van der Waals surface area contributed by atoms with Crippen LogP contribution in [0.2, 0.25) is 0 Å². The van der Waals surface area contributed by atoms with Crippen LogP contribution in [0.4, 0.5) is 15.3 Å². The molecule has 0 saturated carbocycles. The van der Waals surface area contributed by atoms with Gasteiger partial charge in [-0.3, -0.25) is 0 Å². The first-order chi connectivity index (χ1) is 18.9. The molecule has 0 aliphatic carbocycles. The zero-order valence-electron chi connectivity index (χ0n) is 20.9. The Morgan fingerprint density at radius 1 is 0.718 bits per heavy atom. The zero-order chi connectivity index (χ0) is 27.5. The van der Waals surface area contributed by atoms with Gasteiger partial charge in [0.2, 0.25) is 0 Å². The van der Waals surface area contributed by atoms with Gasteiger partial charge >= 0.3 is 19.7 Å². The maximum atomic E-state index is 14.5. The number of rotatable bonds is 11. The lowest BCUT2D eigenvalue weighted by Gasteiger charge is -2.28. The molecule has 0 radical (unpaired) electrons. The highest BCUT2D eigenvalue weighted by Gasteiger charge is 2.41. The number of alkyl carbamates (subject to hydrolysis) is 1. The lowest BCUT2D eigenvalue weighted by Crippen LogP contribution is -2.39. The molecule has 1 atom stereocenters. The van der Waals surface area contributed by atoms with Gasteiger partial charge in [-0.05, 0) is 47.5 Å². The Morgan fingerprint density at radius 3 is 1.74 bits per heavy atom. The Hall–Kier alpha value is -4.75. The number of para-hydroxylation sites is 2. The van der Waals surface area contributed by atoms with E-state index >= 15 is 0 Å².